The van der Waals surface area contributed by atoms with Crippen LogP contribution in [0.25, 0.3) is 0 Å². The van der Waals surface area contributed by atoms with Gasteiger partial charge in [0.05, 0.1) is 11.9 Å². The van der Waals surface area contributed by atoms with E-state index >= 15 is 0 Å². The number of carboxylic acids is 2. The van der Waals surface area contributed by atoms with Gasteiger partial charge in [-0.25, -0.2) is 0 Å². The van der Waals surface area contributed by atoms with Crippen LogP contribution in [0.15, 0.2) is 47.6 Å². The summed E-state index contributed by atoms with van der Waals surface area (Å²) in [5.41, 5.74) is 0.273. The number of allylic oxidation sites excluding steroid dienone is 6. The molecule has 0 unspecified atom stereocenters. The van der Waals surface area contributed by atoms with Crippen molar-refractivity contribution in [3.8, 4) is 0 Å². The Morgan fingerprint density at radius 2 is 1.19 bits per heavy atom. The maximum Gasteiger partial charge on any atom is 2.00 e. The van der Waals surface area contributed by atoms with Gasteiger partial charge in [-0.15, -0.1) is 0 Å². The molecule has 0 aliphatic heterocycles. The zero-order valence-electron chi connectivity index (χ0n) is 10.6. The molecule has 0 aromatic heterocycles. The quantitative estimate of drug-likeness (QED) is 0.503. The molecule has 0 saturated carbocycles. The topological polar surface area (TPSA) is 80.3 Å². The minimum atomic E-state index is -1.19. The van der Waals surface area contributed by atoms with Gasteiger partial charge in [-0.2, -0.15) is 0 Å². The van der Waals surface area contributed by atoms with Gasteiger partial charge in [-0.3, -0.25) is 0 Å². The third-order valence-electron chi connectivity index (χ3n) is 2.45. The Kier molecular flexibility index (Phi) is 8.89. The second kappa shape index (κ2) is 9.52. The van der Waals surface area contributed by atoms with E-state index in [0.29, 0.717) is 22.6 Å². The molecule has 2 aliphatic carbocycles. The average molecular weight is 370 g/mol. The minimum absolute atomic E-state index is 0. The zero-order chi connectivity index (χ0) is 15.1. The molecule has 2 aliphatic rings. The van der Waals surface area contributed by atoms with Crippen LogP contribution in [-0.4, -0.2) is 21.7 Å². The normalized spacial score (nSPS) is 16.0. The zero-order valence-corrected chi connectivity index (χ0v) is 13.2. The third-order valence-corrected chi connectivity index (χ3v) is 3.22. The van der Waals surface area contributed by atoms with Gasteiger partial charge in [-0.1, -0.05) is 60.9 Å². The number of aliphatic carboxylic acids is 2. The molecule has 0 amide bonds. The monoisotopic (exact) mass is 369 g/mol. The number of hydrogen-bond acceptors (Lipinski definition) is 6. The molecular weight excluding hydrogens is 360 g/mol. The molecule has 7 heteroatoms. The summed E-state index contributed by atoms with van der Waals surface area (Å²) in [7, 11) is 0. The fourth-order valence-corrected chi connectivity index (χ4v) is 1.94. The van der Waals surface area contributed by atoms with E-state index in [1.165, 1.54) is 12.2 Å². The standard InChI is InChI=1S/2C7H6O2S.Cu/c2*8-7(9)5-3-1-2-4-6(5)10;/h2*1-3H,4H2,(H,8,9);/q;;+2/p-2. The number of thiocarbonyl (C=S) groups is 2. The Labute approximate surface area is 143 Å². The minimum Gasteiger partial charge on any atom is -0.545 e. The molecule has 21 heavy (non-hydrogen) atoms. The Morgan fingerprint density at radius 3 is 1.38 bits per heavy atom. The Hall–Kier alpha value is -1.40. The molecule has 0 bridgehead atoms. The van der Waals surface area contributed by atoms with Crippen molar-refractivity contribution in [1.29, 1.82) is 0 Å². The number of carboxylic acid groups (broad SMARTS) is 2. The molecule has 0 atom stereocenters. The molecule has 2 rings (SSSR count). The molecule has 0 fully saturated rings. The molecule has 0 aromatic carbocycles. The van der Waals surface area contributed by atoms with Crippen LogP contribution in [0.4, 0.5) is 0 Å². The molecule has 0 N–H and O–H groups in total. The largest absolute Gasteiger partial charge is 2.00 e. The summed E-state index contributed by atoms with van der Waals surface area (Å²) in [4.78, 5) is 21.4. The van der Waals surface area contributed by atoms with Crippen molar-refractivity contribution in [3.05, 3.63) is 47.6 Å². The van der Waals surface area contributed by atoms with E-state index in [1.54, 1.807) is 12.2 Å². The molecule has 1 radical (unpaired) electrons. The summed E-state index contributed by atoms with van der Waals surface area (Å²) in [6.07, 6.45) is 11.0. The molecule has 0 saturated heterocycles. The van der Waals surface area contributed by atoms with Gasteiger partial charge in [0.15, 0.2) is 0 Å². The van der Waals surface area contributed by atoms with Crippen molar-refractivity contribution in [3.63, 3.8) is 0 Å². The van der Waals surface area contributed by atoms with Crippen molar-refractivity contribution in [2.75, 3.05) is 0 Å². The van der Waals surface area contributed by atoms with E-state index in [2.05, 4.69) is 0 Å². The number of rotatable bonds is 2. The van der Waals surface area contributed by atoms with Gasteiger partial charge in [0.25, 0.3) is 0 Å². The van der Waals surface area contributed by atoms with Gasteiger partial charge < -0.3 is 19.8 Å². The summed E-state index contributed by atoms with van der Waals surface area (Å²) >= 11 is 9.53. The van der Waals surface area contributed by atoms with Crippen LogP contribution < -0.4 is 10.2 Å². The summed E-state index contributed by atoms with van der Waals surface area (Å²) in [5.74, 6) is -2.37. The maximum absolute atomic E-state index is 10.3. The first kappa shape index (κ1) is 19.6. The fraction of sp³-hybridized carbons (Fsp3) is 0.143. The molecular formula is C14H10CuO4S2. The van der Waals surface area contributed by atoms with Gasteiger partial charge >= 0.3 is 17.1 Å². The number of carbonyl (C=O) groups is 2. The van der Waals surface area contributed by atoms with Crippen LogP contribution in [0, 0.1) is 0 Å². The fourth-order valence-electron chi connectivity index (χ4n) is 1.45. The number of carbonyl (C=O) groups excluding carboxylic acids is 2. The van der Waals surface area contributed by atoms with Crippen LogP contribution in [0.3, 0.4) is 0 Å². The van der Waals surface area contributed by atoms with Crippen molar-refractivity contribution >= 4 is 46.1 Å². The van der Waals surface area contributed by atoms with Crippen LogP contribution in [0.2, 0.25) is 0 Å². The maximum atomic E-state index is 10.3. The average Bonchev–Trinajstić information content (AvgIpc) is 2.40. The summed E-state index contributed by atoms with van der Waals surface area (Å²) < 4.78 is 0. The van der Waals surface area contributed by atoms with Crippen LogP contribution >= 0.6 is 24.4 Å². The first-order chi connectivity index (χ1) is 9.43. The van der Waals surface area contributed by atoms with E-state index in [0.717, 1.165) is 0 Å². The smallest absolute Gasteiger partial charge is 0.545 e. The second-order valence-corrected chi connectivity index (χ2v) is 4.83. The molecule has 0 spiro atoms. The SMILES string of the molecule is O=C([O-])C1=CC=CCC1=S.O=C([O-])C1=CC=CCC1=S.[Cu+2]. The Balaban J connectivity index is 0.000000364. The van der Waals surface area contributed by atoms with Gasteiger partial charge in [-0.05, 0) is 0 Å². The summed E-state index contributed by atoms with van der Waals surface area (Å²) in [6, 6.07) is 0. The van der Waals surface area contributed by atoms with Gasteiger partial charge in [0.1, 0.15) is 0 Å². The van der Waals surface area contributed by atoms with Crippen molar-refractivity contribution in [1.82, 2.24) is 0 Å². The molecule has 113 valence electrons. The Morgan fingerprint density at radius 1 is 0.857 bits per heavy atom. The predicted molar refractivity (Wildman–Crippen MR) is 78.9 cm³/mol. The van der Waals surface area contributed by atoms with Crippen molar-refractivity contribution in [2.45, 2.75) is 12.8 Å². The predicted octanol–water partition coefficient (Wildman–Crippen LogP) is -0.0175. The summed E-state index contributed by atoms with van der Waals surface area (Å²) in [5, 5.41) is 20.5. The molecule has 0 aromatic rings. The van der Waals surface area contributed by atoms with E-state index in [-0.39, 0.29) is 28.2 Å². The van der Waals surface area contributed by atoms with Crippen LogP contribution in [0.1, 0.15) is 12.8 Å². The van der Waals surface area contributed by atoms with E-state index in [9.17, 15) is 19.8 Å². The Bertz CT molecular complexity index is 534. The van der Waals surface area contributed by atoms with Crippen molar-refractivity contribution in [2.24, 2.45) is 0 Å². The number of hydrogen-bond donors (Lipinski definition) is 0. The van der Waals surface area contributed by atoms with E-state index < -0.39 is 11.9 Å². The van der Waals surface area contributed by atoms with E-state index in [1.807, 2.05) is 12.2 Å². The van der Waals surface area contributed by atoms with Gasteiger partial charge in [0, 0.05) is 33.7 Å². The second-order valence-electron chi connectivity index (χ2n) is 3.85. The first-order valence-corrected chi connectivity index (χ1v) is 6.48. The first-order valence-electron chi connectivity index (χ1n) is 5.66. The van der Waals surface area contributed by atoms with Crippen LogP contribution in [-0.2, 0) is 26.7 Å². The van der Waals surface area contributed by atoms with Crippen molar-refractivity contribution < 1.29 is 36.9 Å². The molecule has 4 nitrogen and oxygen atoms in total. The molecule has 0 heterocycles. The van der Waals surface area contributed by atoms with E-state index in [4.69, 9.17) is 24.4 Å². The third kappa shape index (κ3) is 6.27. The summed E-state index contributed by atoms with van der Waals surface area (Å²) in [6.45, 7) is 0. The van der Waals surface area contributed by atoms with Crippen LogP contribution in [0.5, 0.6) is 0 Å². The van der Waals surface area contributed by atoms with Gasteiger partial charge in [0.2, 0.25) is 0 Å².